The third kappa shape index (κ3) is 3.35. The van der Waals surface area contributed by atoms with Crippen molar-refractivity contribution in [1.29, 1.82) is 0 Å². The van der Waals surface area contributed by atoms with Crippen LogP contribution in [0.1, 0.15) is 38.7 Å². The minimum Gasteiger partial charge on any atom is -0.336 e. The summed E-state index contributed by atoms with van der Waals surface area (Å²) in [6.45, 7) is 5.11. The summed E-state index contributed by atoms with van der Waals surface area (Å²) >= 11 is 0. The van der Waals surface area contributed by atoms with Gasteiger partial charge in [0.2, 0.25) is 5.91 Å². The molecule has 1 fully saturated rings. The Morgan fingerprint density at radius 3 is 2.63 bits per heavy atom. The second-order valence-electron chi connectivity index (χ2n) is 6.04. The average Bonchev–Trinajstić information content (AvgIpc) is 2.76. The van der Waals surface area contributed by atoms with Crippen LogP contribution in [0.5, 0.6) is 0 Å². The quantitative estimate of drug-likeness (QED) is 0.903. The van der Waals surface area contributed by atoms with Crippen LogP contribution in [0.4, 0.5) is 0 Å². The van der Waals surface area contributed by atoms with Crippen molar-refractivity contribution in [3.63, 3.8) is 0 Å². The number of hydrogen-bond acceptors (Lipinski definition) is 2. The van der Waals surface area contributed by atoms with Gasteiger partial charge in [-0.2, -0.15) is 0 Å². The van der Waals surface area contributed by atoms with Crippen LogP contribution in [0.15, 0.2) is 30.3 Å². The monoisotopic (exact) mass is 260 g/mol. The molecule has 2 N–H and O–H groups in total. The highest BCUT2D eigenvalue weighted by atomic mass is 16.2. The van der Waals surface area contributed by atoms with E-state index in [0.717, 1.165) is 32.2 Å². The van der Waals surface area contributed by atoms with Gasteiger partial charge in [0.1, 0.15) is 0 Å². The maximum absolute atomic E-state index is 12.4. The lowest BCUT2D eigenvalue weighted by Crippen LogP contribution is -2.50. The first-order valence-electron chi connectivity index (χ1n) is 7.12. The van der Waals surface area contributed by atoms with Crippen molar-refractivity contribution in [1.82, 2.24) is 4.90 Å². The van der Waals surface area contributed by atoms with Crippen LogP contribution in [0.3, 0.4) is 0 Å². The molecule has 1 heterocycles. The fourth-order valence-electron chi connectivity index (χ4n) is 2.81. The first kappa shape index (κ1) is 14.1. The Morgan fingerprint density at radius 1 is 1.37 bits per heavy atom. The van der Waals surface area contributed by atoms with E-state index in [1.54, 1.807) is 0 Å². The Morgan fingerprint density at radius 2 is 2.05 bits per heavy atom. The van der Waals surface area contributed by atoms with Crippen LogP contribution in [0.2, 0.25) is 0 Å². The van der Waals surface area contributed by atoms with E-state index < -0.39 is 0 Å². The maximum atomic E-state index is 12.4. The fraction of sp³-hybridized carbons (Fsp3) is 0.562. The van der Waals surface area contributed by atoms with Gasteiger partial charge < -0.3 is 10.6 Å². The highest BCUT2D eigenvalue weighted by Crippen LogP contribution is 2.28. The number of amides is 1. The number of aryl methyl sites for hydroxylation is 1. The lowest BCUT2D eigenvalue weighted by atomic mass is 10.00. The summed E-state index contributed by atoms with van der Waals surface area (Å²) in [7, 11) is 0. The molecule has 1 atom stereocenters. The molecule has 1 aliphatic rings. The Labute approximate surface area is 115 Å². The summed E-state index contributed by atoms with van der Waals surface area (Å²) in [5, 5.41) is 0. The molecule has 0 unspecified atom stereocenters. The zero-order chi connectivity index (χ0) is 13.9. The highest BCUT2D eigenvalue weighted by Gasteiger charge is 2.37. The maximum Gasteiger partial charge on any atom is 0.239 e. The van der Waals surface area contributed by atoms with Gasteiger partial charge in [-0.15, -0.1) is 0 Å². The SMILES string of the molecule is CC1(C)CCCN1C(=O)[C@@H](N)CCc1ccccc1. The molecule has 0 radical (unpaired) electrons. The Kier molecular flexibility index (Phi) is 4.25. The van der Waals surface area contributed by atoms with Gasteiger partial charge in [0.15, 0.2) is 0 Å². The summed E-state index contributed by atoms with van der Waals surface area (Å²) in [6, 6.07) is 9.82. The van der Waals surface area contributed by atoms with Crippen LogP contribution in [-0.2, 0) is 11.2 Å². The number of benzene rings is 1. The lowest BCUT2D eigenvalue weighted by Gasteiger charge is -2.33. The van der Waals surface area contributed by atoms with Gasteiger partial charge in [-0.3, -0.25) is 4.79 Å². The molecule has 1 aromatic carbocycles. The highest BCUT2D eigenvalue weighted by molar-refractivity contribution is 5.82. The Bertz CT molecular complexity index is 428. The first-order valence-corrected chi connectivity index (χ1v) is 7.12. The van der Waals surface area contributed by atoms with E-state index >= 15 is 0 Å². The van der Waals surface area contributed by atoms with Crippen molar-refractivity contribution in [2.24, 2.45) is 5.73 Å². The third-order valence-corrected chi connectivity index (χ3v) is 4.07. The number of rotatable bonds is 4. The predicted octanol–water partition coefficient (Wildman–Crippen LogP) is 2.35. The number of likely N-dealkylation sites (tertiary alicyclic amines) is 1. The third-order valence-electron chi connectivity index (χ3n) is 4.07. The molecule has 1 amide bonds. The Balaban J connectivity index is 1.89. The number of carbonyl (C=O) groups excluding carboxylic acids is 1. The van der Waals surface area contributed by atoms with Gasteiger partial charge in [-0.25, -0.2) is 0 Å². The van der Waals surface area contributed by atoms with Crippen LogP contribution in [-0.4, -0.2) is 28.9 Å². The smallest absolute Gasteiger partial charge is 0.239 e. The van der Waals surface area contributed by atoms with E-state index in [1.807, 2.05) is 23.1 Å². The van der Waals surface area contributed by atoms with Gasteiger partial charge in [0, 0.05) is 12.1 Å². The van der Waals surface area contributed by atoms with Gasteiger partial charge in [-0.05, 0) is 45.1 Å². The molecule has 1 saturated heterocycles. The molecule has 1 aromatic rings. The minimum atomic E-state index is -0.377. The molecule has 19 heavy (non-hydrogen) atoms. The van der Waals surface area contributed by atoms with E-state index in [0.29, 0.717) is 0 Å². The molecule has 104 valence electrons. The summed E-state index contributed by atoms with van der Waals surface area (Å²) < 4.78 is 0. The molecule has 0 aliphatic carbocycles. The van der Waals surface area contributed by atoms with Crippen LogP contribution < -0.4 is 5.73 Å². The number of nitrogens with two attached hydrogens (primary N) is 1. The van der Waals surface area contributed by atoms with Crippen LogP contribution in [0.25, 0.3) is 0 Å². The van der Waals surface area contributed by atoms with Crippen molar-refractivity contribution in [2.45, 2.75) is 51.1 Å². The van der Waals surface area contributed by atoms with Crippen molar-refractivity contribution >= 4 is 5.91 Å². The van der Waals surface area contributed by atoms with Crippen molar-refractivity contribution < 1.29 is 4.79 Å². The molecule has 0 aromatic heterocycles. The van der Waals surface area contributed by atoms with Crippen molar-refractivity contribution in [3.8, 4) is 0 Å². The van der Waals surface area contributed by atoms with Crippen molar-refractivity contribution in [2.75, 3.05) is 6.54 Å². The van der Waals surface area contributed by atoms with E-state index in [2.05, 4.69) is 26.0 Å². The molecule has 0 bridgehead atoms. The molecule has 0 spiro atoms. The zero-order valence-electron chi connectivity index (χ0n) is 11.9. The summed E-state index contributed by atoms with van der Waals surface area (Å²) in [6.07, 6.45) is 3.74. The molecule has 0 saturated carbocycles. The van der Waals surface area contributed by atoms with E-state index in [1.165, 1.54) is 5.56 Å². The standard InChI is InChI=1S/C16H24N2O/c1-16(2)11-6-12-18(16)15(19)14(17)10-9-13-7-4-3-5-8-13/h3-5,7-8,14H,6,9-12,17H2,1-2H3/t14-/m0/s1. The normalized spacial score (nSPS) is 19.4. The zero-order valence-corrected chi connectivity index (χ0v) is 11.9. The Hall–Kier alpha value is -1.35. The van der Waals surface area contributed by atoms with E-state index in [-0.39, 0.29) is 17.5 Å². The number of nitrogens with zero attached hydrogens (tertiary/aromatic N) is 1. The molecular weight excluding hydrogens is 236 g/mol. The van der Waals surface area contributed by atoms with Gasteiger partial charge in [0.25, 0.3) is 0 Å². The van der Waals surface area contributed by atoms with E-state index in [4.69, 9.17) is 5.73 Å². The van der Waals surface area contributed by atoms with Crippen LogP contribution in [0, 0.1) is 0 Å². The summed E-state index contributed by atoms with van der Waals surface area (Å²) in [5.41, 5.74) is 7.29. The molecule has 3 heteroatoms. The second-order valence-corrected chi connectivity index (χ2v) is 6.04. The van der Waals surface area contributed by atoms with E-state index in [9.17, 15) is 4.79 Å². The molecule has 2 rings (SSSR count). The van der Waals surface area contributed by atoms with Gasteiger partial charge >= 0.3 is 0 Å². The van der Waals surface area contributed by atoms with Crippen LogP contribution >= 0.6 is 0 Å². The number of carbonyl (C=O) groups is 1. The second kappa shape index (κ2) is 5.74. The van der Waals surface area contributed by atoms with Crippen molar-refractivity contribution in [3.05, 3.63) is 35.9 Å². The fourth-order valence-corrected chi connectivity index (χ4v) is 2.81. The topological polar surface area (TPSA) is 46.3 Å². The average molecular weight is 260 g/mol. The van der Waals surface area contributed by atoms with Gasteiger partial charge in [0.05, 0.1) is 6.04 Å². The lowest BCUT2D eigenvalue weighted by molar-refractivity contribution is -0.135. The number of hydrogen-bond donors (Lipinski definition) is 1. The first-order chi connectivity index (χ1) is 9.00. The minimum absolute atomic E-state index is 0.0263. The summed E-state index contributed by atoms with van der Waals surface area (Å²) in [5.74, 6) is 0.110. The largest absolute Gasteiger partial charge is 0.336 e. The molecule has 3 nitrogen and oxygen atoms in total. The van der Waals surface area contributed by atoms with Gasteiger partial charge in [-0.1, -0.05) is 30.3 Å². The molecular formula is C16H24N2O. The summed E-state index contributed by atoms with van der Waals surface area (Å²) in [4.78, 5) is 14.3. The molecule has 1 aliphatic heterocycles. The predicted molar refractivity (Wildman–Crippen MR) is 77.8 cm³/mol.